The Labute approximate surface area is 112 Å². The molecule has 1 aliphatic heterocycles. The van der Waals surface area contributed by atoms with Crippen LogP contribution in [0.4, 0.5) is 0 Å². The molecule has 5 heteroatoms. The van der Waals surface area contributed by atoms with Crippen LogP contribution in [0.2, 0.25) is 0 Å². The first-order valence-corrected chi connectivity index (χ1v) is 6.44. The van der Waals surface area contributed by atoms with Crippen LogP contribution in [0, 0.1) is 0 Å². The Morgan fingerprint density at radius 2 is 2.16 bits per heavy atom. The van der Waals surface area contributed by atoms with E-state index in [0.29, 0.717) is 12.2 Å². The Bertz CT molecular complexity index is 497. The molecule has 0 saturated carbocycles. The molecule has 0 bridgehead atoms. The first-order chi connectivity index (χ1) is 9.20. The van der Waals surface area contributed by atoms with E-state index in [0.717, 1.165) is 29.9 Å². The molecular weight excluding hydrogens is 244 g/mol. The molecule has 0 fully saturated rings. The van der Waals surface area contributed by atoms with Gasteiger partial charge in [0.05, 0.1) is 5.71 Å². The van der Waals surface area contributed by atoms with Crippen molar-refractivity contribution in [2.45, 2.75) is 33.1 Å². The molecule has 0 aliphatic carbocycles. The van der Waals surface area contributed by atoms with Crippen LogP contribution in [-0.4, -0.2) is 18.4 Å². The Morgan fingerprint density at radius 3 is 2.95 bits per heavy atom. The number of nitrogens with one attached hydrogen (secondary N) is 1. The molecule has 19 heavy (non-hydrogen) atoms. The molecule has 0 saturated heterocycles. The average molecular weight is 262 g/mol. The molecule has 0 atom stereocenters. The second-order valence-corrected chi connectivity index (χ2v) is 4.40. The summed E-state index contributed by atoms with van der Waals surface area (Å²) in [4.78, 5) is 11.5. The number of fused-ring (bicyclic) bond motifs is 1. The zero-order valence-corrected chi connectivity index (χ0v) is 11.2. The normalized spacial score (nSPS) is 13.5. The van der Waals surface area contributed by atoms with Crippen molar-refractivity contribution >= 4 is 11.6 Å². The summed E-state index contributed by atoms with van der Waals surface area (Å²) < 4.78 is 10.5. The third-order valence-corrected chi connectivity index (χ3v) is 2.90. The van der Waals surface area contributed by atoms with E-state index in [1.165, 1.54) is 0 Å². The molecule has 1 aromatic rings. The standard InChI is InChI=1S/C14H18N2O3/c1-3-4-5-14(17)16-15-10(2)11-6-7-12-13(8-11)19-9-18-12/h6-8H,3-5,9H2,1-2H3,(H,16,17). The highest BCUT2D eigenvalue weighted by Gasteiger charge is 2.14. The molecule has 2 rings (SSSR count). The van der Waals surface area contributed by atoms with Gasteiger partial charge in [0.25, 0.3) is 0 Å². The van der Waals surface area contributed by atoms with Gasteiger partial charge in [-0.25, -0.2) is 5.43 Å². The van der Waals surface area contributed by atoms with Crippen molar-refractivity contribution in [3.05, 3.63) is 23.8 Å². The second-order valence-electron chi connectivity index (χ2n) is 4.40. The summed E-state index contributed by atoms with van der Waals surface area (Å²) in [5.41, 5.74) is 4.20. The molecule has 1 N–H and O–H groups in total. The van der Waals surface area contributed by atoms with Crippen LogP contribution in [0.1, 0.15) is 38.7 Å². The fourth-order valence-electron chi connectivity index (χ4n) is 1.73. The van der Waals surface area contributed by atoms with Crippen LogP contribution in [0.15, 0.2) is 23.3 Å². The highest BCUT2D eigenvalue weighted by Crippen LogP contribution is 2.32. The van der Waals surface area contributed by atoms with Gasteiger partial charge in [0.1, 0.15) is 0 Å². The van der Waals surface area contributed by atoms with Crippen molar-refractivity contribution in [1.82, 2.24) is 5.43 Å². The number of ether oxygens (including phenoxy) is 2. The van der Waals surface area contributed by atoms with Crippen LogP contribution >= 0.6 is 0 Å². The minimum Gasteiger partial charge on any atom is -0.454 e. The third kappa shape index (κ3) is 3.47. The Kier molecular flexibility index (Phi) is 4.39. The molecule has 102 valence electrons. The maximum Gasteiger partial charge on any atom is 0.240 e. The van der Waals surface area contributed by atoms with Crippen molar-refractivity contribution in [1.29, 1.82) is 0 Å². The predicted octanol–water partition coefficient (Wildman–Crippen LogP) is 2.45. The number of unbranched alkanes of at least 4 members (excludes halogenated alkanes) is 1. The molecule has 0 spiro atoms. The largest absolute Gasteiger partial charge is 0.454 e. The van der Waals surface area contributed by atoms with E-state index in [2.05, 4.69) is 17.5 Å². The van der Waals surface area contributed by atoms with E-state index in [1.807, 2.05) is 25.1 Å². The van der Waals surface area contributed by atoms with Gasteiger partial charge < -0.3 is 9.47 Å². The van der Waals surface area contributed by atoms with Crippen molar-refractivity contribution in [3.8, 4) is 11.5 Å². The van der Waals surface area contributed by atoms with E-state index in [4.69, 9.17) is 9.47 Å². The van der Waals surface area contributed by atoms with E-state index in [9.17, 15) is 4.79 Å². The van der Waals surface area contributed by atoms with Gasteiger partial charge in [-0.05, 0) is 31.5 Å². The van der Waals surface area contributed by atoms with Crippen LogP contribution < -0.4 is 14.9 Å². The number of amides is 1. The predicted molar refractivity (Wildman–Crippen MR) is 72.4 cm³/mol. The van der Waals surface area contributed by atoms with Crippen molar-refractivity contribution in [2.24, 2.45) is 5.10 Å². The summed E-state index contributed by atoms with van der Waals surface area (Å²) >= 11 is 0. The van der Waals surface area contributed by atoms with E-state index < -0.39 is 0 Å². The summed E-state index contributed by atoms with van der Waals surface area (Å²) in [6.07, 6.45) is 2.39. The van der Waals surface area contributed by atoms with E-state index in [-0.39, 0.29) is 12.7 Å². The van der Waals surface area contributed by atoms with Gasteiger partial charge in [0.2, 0.25) is 12.7 Å². The molecule has 0 aromatic heterocycles. The minimum absolute atomic E-state index is 0.0538. The maximum absolute atomic E-state index is 11.5. The topological polar surface area (TPSA) is 59.9 Å². The van der Waals surface area contributed by atoms with Gasteiger partial charge in [-0.2, -0.15) is 5.10 Å². The first kappa shape index (κ1) is 13.4. The van der Waals surface area contributed by atoms with Crippen molar-refractivity contribution < 1.29 is 14.3 Å². The Balaban J connectivity index is 1.99. The zero-order chi connectivity index (χ0) is 13.7. The molecule has 1 amide bonds. The Morgan fingerprint density at radius 1 is 1.37 bits per heavy atom. The SMILES string of the molecule is CCCCC(=O)NN=C(C)c1ccc2c(c1)OCO2. The number of carbonyl (C=O) groups is 1. The number of rotatable bonds is 5. The van der Waals surface area contributed by atoms with Crippen molar-refractivity contribution in [3.63, 3.8) is 0 Å². The van der Waals surface area contributed by atoms with Gasteiger partial charge in [0.15, 0.2) is 11.5 Å². The number of hydrogen-bond acceptors (Lipinski definition) is 4. The summed E-state index contributed by atoms with van der Waals surface area (Å²) in [5, 5.41) is 4.09. The Hall–Kier alpha value is -2.04. The van der Waals surface area contributed by atoms with Gasteiger partial charge >= 0.3 is 0 Å². The van der Waals surface area contributed by atoms with Gasteiger partial charge in [0, 0.05) is 12.0 Å². The number of hydrazone groups is 1. The molecule has 1 aliphatic rings. The average Bonchev–Trinajstić information content (AvgIpc) is 2.89. The number of hydrogen-bond donors (Lipinski definition) is 1. The number of carbonyl (C=O) groups excluding carboxylic acids is 1. The lowest BCUT2D eigenvalue weighted by Gasteiger charge is -2.04. The zero-order valence-electron chi connectivity index (χ0n) is 11.2. The first-order valence-electron chi connectivity index (χ1n) is 6.44. The van der Waals surface area contributed by atoms with Crippen LogP contribution in [0.5, 0.6) is 11.5 Å². The highest BCUT2D eigenvalue weighted by molar-refractivity contribution is 5.99. The molecule has 1 heterocycles. The lowest BCUT2D eigenvalue weighted by atomic mass is 10.1. The molecule has 0 radical (unpaired) electrons. The lowest BCUT2D eigenvalue weighted by Crippen LogP contribution is -2.18. The van der Waals surface area contributed by atoms with E-state index >= 15 is 0 Å². The summed E-state index contributed by atoms with van der Waals surface area (Å²) in [6.45, 7) is 4.15. The summed E-state index contributed by atoms with van der Waals surface area (Å²) in [5.74, 6) is 1.40. The van der Waals surface area contributed by atoms with Gasteiger partial charge in [-0.1, -0.05) is 13.3 Å². The third-order valence-electron chi connectivity index (χ3n) is 2.90. The molecule has 0 unspecified atom stereocenters. The second kappa shape index (κ2) is 6.22. The summed E-state index contributed by atoms with van der Waals surface area (Å²) in [7, 11) is 0. The quantitative estimate of drug-likeness (QED) is 0.655. The van der Waals surface area contributed by atoms with Crippen molar-refractivity contribution in [2.75, 3.05) is 6.79 Å². The maximum atomic E-state index is 11.5. The molecular formula is C14H18N2O3. The van der Waals surface area contributed by atoms with Crippen LogP contribution in [-0.2, 0) is 4.79 Å². The van der Waals surface area contributed by atoms with Crippen LogP contribution in [0.25, 0.3) is 0 Å². The fourth-order valence-corrected chi connectivity index (χ4v) is 1.73. The smallest absolute Gasteiger partial charge is 0.240 e. The van der Waals surface area contributed by atoms with Crippen LogP contribution in [0.3, 0.4) is 0 Å². The minimum atomic E-state index is -0.0538. The summed E-state index contributed by atoms with van der Waals surface area (Å²) in [6, 6.07) is 5.60. The molecule has 5 nitrogen and oxygen atoms in total. The molecule has 1 aromatic carbocycles. The van der Waals surface area contributed by atoms with Gasteiger partial charge in [-0.3, -0.25) is 4.79 Å². The number of nitrogens with zero attached hydrogens (tertiary/aromatic N) is 1. The van der Waals surface area contributed by atoms with Gasteiger partial charge in [-0.15, -0.1) is 0 Å². The lowest BCUT2D eigenvalue weighted by molar-refractivity contribution is -0.121. The monoisotopic (exact) mass is 262 g/mol. The van der Waals surface area contributed by atoms with E-state index in [1.54, 1.807) is 0 Å². The highest BCUT2D eigenvalue weighted by atomic mass is 16.7. The fraction of sp³-hybridized carbons (Fsp3) is 0.429. The number of benzene rings is 1.